The van der Waals surface area contributed by atoms with Gasteiger partial charge < -0.3 is 14.2 Å². The summed E-state index contributed by atoms with van der Waals surface area (Å²) >= 11 is 0. The van der Waals surface area contributed by atoms with Crippen LogP contribution >= 0.6 is 0 Å². The van der Waals surface area contributed by atoms with Crippen LogP contribution in [0.15, 0.2) is 49.1 Å². The van der Waals surface area contributed by atoms with Crippen molar-refractivity contribution >= 4 is 16.9 Å². The molecular formula is C19H17N3O4. The van der Waals surface area contributed by atoms with Gasteiger partial charge in [-0.25, -0.2) is 14.8 Å². The molecule has 26 heavy (non-hydrogen) atoms. The fourth-order valence-electron chi connectivity index (χ4n) is 2.64. The van der Waals surface area contributed by atoms with Crippen LogP contribution in [0.25, 0.3) is 16.7 Å². The average Bonchev–Trinajstić information content (AvgIpc) is 3.00. The number of pyridine rings is 1. The van der Waals surface area contributed by atoms with Crippen LogP contribution < -0.4 is 9.47 Å². The second kappa shape index (κ2) is 6.51. The smallest absolute Gasteiger partial charge is 0.356 e. The molecule has 4 rings (SSSR count). The molecule has 3 aromatic rings. The lowest BCUT2D eigenvalue weighted by Gasteiger charge is -2.18. The van der Waals surface area contributed by atoms with Crippen molar-refractivity contribution < 1.29 is 19.0 Å². The molecule has 1 aliphatic rings. The summed E-state index contributed by atoms with van der Waals surface area (Å²) in [5.41, 5.74) is 1.64. The Kier molecular flexibility index (Phi) is 4.04. The number of carbonyl (C=O) groups excluding carboxylic acids is 1. The van der Waals surface area contributed by atoms with E-state index in [0.717, 1.165) is 16.6 Å². The highest BCUT2D eigenvalue weighted by molar-refractivity contribution is 5.88. The van der Waals surface area contributed by atoms with E-state index >= 15 is 0 Å². The van der Waals surface area contributed by atoms with Crippen molar-refractivity contribution in [3.05, 3.63) is 54.8 Å². The molecule has 132 valence electrons. The molecule has 1 unspecified atom stereocenters. The second-order valence-electron chi connectivity index (χ2n) is 5.82. The van der Waals surface area contributed by atoms with Crippen molar-refractivity contribution in [2.24, 2.45) is 0 Å². The fraction of sp³-hybridized carbons (Fsp3) is 0.211. The van der Waals surface area contributed by atoms with Crippen LogP contribution in [0, 0.1) is 6.92 Å². The zero-order valence-electron chi connectivity index (χ0n) is 14.4. The largest absolute Gasteiger partial charge is 0.493 e. The molecule has 3 heterocycles. The number of fused-ring (bicyclic) bond motifs is 1. The number of aryl methyl sites for hydroxylation is 1. The van der Waals surface area contributed by atoms with Gasteiger partial charge in [-0.2, -0.15) is 0 Å². The van der Waals surface area contributed by atoms with Gasteiger partial charge in [0.25, 0.3) is 0 Å². The summed E-state index contributed by atoms with van der Waals surface area (Å²) in [5.74, 6) is 1.33. The van der Waals surface area contributed by atoms with E-state index in [1.165, 1.54) is 6.26 Å². The zero-order chi connectivity index (χ0) is 18.1. The molecule has 0 radical (unpaired) electrons. The van der Waals surface area contributed by atoms with Gasteiger partial charge in [0.05, 0.1) is 24.1 Å². The number of nitrogens with zero attached hydrogens (tertiary/aromatic N) is 3. The summed E-state index contributed by atoms with van der Waals surface area (Å²) < 4.78 is 18.0. The number of hydrogen-bond donors (Lipinski definition) is 0. The third-order valence-electron chi connectivity index (χ3n) is 3.93. The SMILES string of the molecule is CCOc1cc(-n2cnc(C)c2)nc2ccc(OC(=O)C3C=CO3)cc12. The lowest BCUT2D eigenvalue weighted by atomic mass is 10.2. The molecule has 0 fully saturated rings. The first kappa shape index (κ1) is 16.1. The van der Waals surface area contributed by atoms with Gasteiger partial charge in [-0.15, -0.1) is 0 Å². The summed E-state index contributed by atoms with van der Waals surface area (Å²) in [7, 11) is 0. The van der Waals surface area contributed by atoms with Crippen LogP contribution in [0.1, 0.15) is 12.6 Å². The predicted molar refractivity (Wildman–Crippen MR) is 94.4 cm³/mol. The highest BCUT2D eigenvalue weighted by Gasteiger charge is 2.23. The zero-order valence-corrected chi connectivity index (χ0v) is 14.4. The third kappa shape index (κ3) is 2.99. The second-order valence-corrected chi connectivity index (χ2v) is 5.82. The van der Waals surface area contributed by atoms with E-state index in [9.17, 15) is 4.79 Å². The summed E-state index contributed by atoms with van der Waals surface area (Å²) in [6.07, 6.45) is 6.06. The number of imidazole rings is 1. The van der Waals surface area contributed by atoms with Gasteiger partial charge >= 0.3 is 5.97 Å². The van der Waals surface area contributed by atoms with Gasteiger partial charge in [0.2, 0.25) is 6.10 Å². The minimum absolute atomic E-state index is 0.417. The fourth-order valence-corrected chi connectivity index (χ4v) is 2.64. The number of rotatable bonds is 5. The number of carbonyl (C=O) groups is 1. The van der Waals surface area contributed by atoms with E-state index < -0.39 is 12.1 Å². The van der Waals surface area contributed by atoms with Crippen LogP contribution in [-0.2, 0) is 9.53 Å². The predicted octanol–water partition coefficient (Wildman–Crippen LogP) is 2.95. The van der Waals surface area contributed by atoms with Crippen LogP contribution in [0.4, 0.5) is 0 Å². The van der Waals surface area contributed by atoms with Crippen LogP contribution in [0.5, 0.6) is 11.5 Å². The van der Waals surface area contributed by atoms with Gasteiger partial charge in [-0.05, 0) is 32.0 Å². The molecular weight excluding hydrogens is 334 g/mol. The van der Waals surface area contributed by atoms with Crippen LogP contribution in [0.3, 0.4) is 0 Å². The van der Waals surface area contributed by atoms with E-state index in [1.807, 2.05) is 30.7 Å². The summed E-state index contributed by atoms with van der Waals surface area (Å²) in [5, 5.41) is 0.766. The molecule has 0 spiro atoms. The number of esters is 1. The standard InChI is InChI=1S/C19H17N3O4/c1-3-24-17-9-18(22-10-12(2)20-11-22)21-15-5-4-13(8-14(15)17)26-19(23)16-6-7-25-16/h4-11,16H,3H2,1-2H3. The molecule has 0 aliphatic carbocycles. The minimum Gasteiger partial charge on any atom is -0.493 e. The van der Waals surface area contributed by atoms with Gasteiger partial charge in [0.1, 0.15) is 23.6 Å². The Morgan fingerprint density at radius 1 is 1.35 bits per heavy atom. The van der Waals surface area contributed by atoms with Crippen molar-refractivity contribution in [2.45, 2.75) is 20.0 Å². The molecule has 0 N–H and O–H groups in total. The Morgan fingerprint density at radius 2 is 2.19 bits per heavy atom. The number of benzene rings is 1. The van der Waals surface area contributed by atoms with Gasteiger partial charge in [-0.1, -0.05) is 0 Å². The molecule has 7 nitrogen and oxygen atoms in total. The maximum atomic E-state index is 11.9. The molecule has 1 aliphatic heterocycles. The maximum Gasteiger partial charge on any atom is 0.356 e. The lowest BCUT2D eigenvalue weighted by Crippen LogP contribution is -2.29. The first-order valence-electron chi connectivity index (χ1n) is 8.26. The van der Waals surface area contributed by atoms with Gasteiger partial charge in [0, 0.05) is 23.7 Å². The molecule has 2 aromatic heterocycles. The van der Waals surface area contributed by atoms with E-state index in [2.05, 4.69) is 9.97 Å². The summed E-state index contributed by atoms with van der Waals surface area (Å²) in [4.78, 5) is 20.8. The Balaban J connectivity index is 1.73. The molecule has 0 saturated carbocycles. The van der Waals surface area contributed by atoms with Crippen LogP contribution in [-0.4, -0.2) is 33.2 Å². The Labute approximate surface area is 149 Å². The Hall–Kier alpha value is -3.35. The minimum atomic E-state index is -0.637. The number of ether oxygens (including phenoxy) is 3. The first-order valence-corrected chi connectivity index (χ1v) is 8.26. The van der Waals surface area contributed by atoms with E-state index in [-0.39, 0.29) is 0 Å². The molecule has 0 bridgehead atoms. The van der Waals surface area contributed by atoms with Crippen molar-refractivity contribution in [2.75, 3.05) is 6.61 Å². The Morgan fingerprint density at radius 3 is 2.85 bits per heavy atom. The Bertz CT molecular complexity index is 1010. The highest BCUT2D eigenvalue weighted by atomic mass is 16.6. The summed E-state index contributed by atoms with van der Waals surface area (Å²) in [6, 6.07) is 7.09. The highest BCUT2D eigenvalue weighted by Crippen LogP contribution is 2.30. The van der Waals surface area contributed by atoms with E-state index in [1.54, 1.807) is 30.6 Å². The molecule has 0 amide bonds. The molecule has 7 heteroatoms. The quantitative estimate of drug-likeness (QED) is 0.520. The molecule has 0 saturated heterocycles. The third-order valence-corrected chi connectivity index (χ3v) is 3.93. The van der Waals surface area contributed by atoms with Crippen molar-refractivity contribution in [3.63, 3.8) is 0 Å². The number of hydrogen-bond acceptors (Lipinski definition) is 6. The topological polar surface area (TPSA) is 75.5 Å². The molecule has 1 atom stereocenters. The van der Waals surface area contributed by atoms with Gasteiger partial charge in [0.15, 0.2) is 0 Å². The van der Waals surface area contributed by atoms with E-state index in [4.69, 9.17) is 14.2 Å². The van der Waals surface area contributed by atoms with Crippen molar-refractivity contribution in [1.82, 2.24) is 14.5 Å². The van der Waals surface area contributed by atoms with Crippen LogP contribution in [0.2, 0.25) is 0 Å². The number of aromatic nitrogens is 3. The monoisotopic (exact) mass is 351 g/mol. The normalized spacial score (nSPS) is 15.4. The van der Waals surface area contributed by atoms with Gasteiger partial charge in [-0.3, -0.25) is 4.57 Å². The summed E-state index contributed by atoms with van der Waals surface area (Å²) in [6.45, 7) is 4.34. The first-order chi connectivity index (χ1) is 12.6. The average molecular weight is 351 g/mol. The lowest BCUT2D eigenvalue weighted by molar-refractivity contribution is -0.143. The maximum absolute atomic E-state index is 11.9. The molecule has 1 aromatic carbocycles. The van der Waals surface area contributed by atoms with Crippen molar-refractivity contribution in [1.29, 1.82) is 0 Å². The van der Waals surface area contributed by atoms with E-state index in [0.29, 0.717) is 23.9 Å². The van der Waals surface area contributed by atoms with Crippen molar-refractivity contribution in [3.8, 4) is 17.3 Å².